The summed E-state index contributed by atoms with van der Waals surface area (Å²) in [4.78, 5) is 29.3. The summed E-state index contributed by atoms with van der Waals surface area (Å²) < 4.78 is 1.79. The van der Waals surface area contributed by atoms with Crippen LogP contribution in [0.25, 0.3) is 10.9 Å². The Balaban J connectivity index is 1.36. The molecule has 2 aromatic heterocycles. The van der Waals surface area contributed by atoms with Gasteiger partial charge in [-0.1, -0.05) is 18.2 Å². The molecule has 1 aromatic carbocycles. The minimum atomic E-state index is -0.162. The molecule has 0 radical (unpaired) electrons. The van der Waals surface area contributed by atoms with E-state index in [2.05, 4.69) is 21.5 Å². The fourth-order valence-corrected chi connectivity index (χ4v) is 3.42. The molecule has 0 fully saturated rings. The van der Waals surface area contributed by atoms with Gasteiger partial charge in [-0.2, -0.15) is 5.10 Å². The molecule has 3 aromatic rings. The maximum Gasteiger partial charge on any atom is 0.240 e. The van der Waals surface area contributed by atoms with Gasteiger partial charge in [0.1, 0.15) is 12.4 Å². The summed E-state index contributed by atoms with van der Waals surface area (Å²) in [7, 11) is 0. The number of anilines is 1. The van der Waals surface area contributed by atoms with Crippen LogP contribution >= 0.6 is 0 Å². The quantitative estimate of drug-likeness (QED) is 0.735. The lowest BCUT2D eigenvalue weighted by atomic mass is 10.1. The normalized spacial score (nSPS) is 13.9. The maximum atomic E-state index is 12.3. The van der Waals surface area contributed by atoms with Crippen LogP contribution < -0.4 is 10.2 Å². The van der Waals surface area contributed by atoms with Crippen LogP contribution in [0.3, 0.4) is 0 Å². The molecule has 0 spiro atoms. The first-order valence-corrected chi connectivity index (χ1v) is 8.78. The van der Waals surface area contributed by atoms with Crippen molar-refractivity contribution >= 4 is 28.5 Å². The number of amides is 2. The van der Waals surface area contributed by atoms with E-state index in [9.17, 15) is 9.59 Å². The third-order valence-electron chi connectivity index (χ3n) is 4.69. The number of aryl methyl sites for hydroxylation is 2. The molecular formula is C19H21N5O2. The number of nitrogens with zero attached hydrogens (tertiary/aromatic N) is 3. The number of aromatic nitrogens is 3. The summed E-state index contributed by atoms with van der Waals surface area (Å²) in [6, 6.07) is 9.94. The zero-order chi connectivity index (χ0) is 18.1. The molecule has 1 aliphatic heterocycles. The number of fused-ring (bicyclic) bond motifs is 2. The number of H-pyrrole nitrogens is 1. The van der Waals surface area contributed by atoms with E-state index < -0.39 is 0 Å². The first-order chi connectivity index (χ1) is 12.6. The smallest absolute Gasteiger partial charge is 0.240 e. The molecular weight excluding hydrogens is 330 g/mol. The fourth-order valence-electron chi connectivity index (χ4n) is 3.42. The average molecular weight is 351 g/mol. The Labute approximate surface area is 151 Å². The molecule has 7 nitrogen and oxygen atoms in total. The van der Waals surface area contributed by atoms with Crippen molar-refractivity contribution in [2.45, 2.75) is 26.3 Å². The van der Waals surface area contributed by atoms with Crippen LogP contribution in [-0.4, -0.2) is 39.7 Å². The zero-order valence-electron chi connectivity index (χ0n) is 14.7. The molecule has 2 amide bonds. The lowest BCUT2D eigenvalue weighted by Gasteiger charge is -2.26. The van der Waals surface area contributed by atoms with Crippen LogP contribution in [0.4, 0.5) is 5.82 Å². The summed E-state index contributed by atoms with van der Waals surface area (Å²) >= 11 is 0. The second-order valence-electron chi connectivity index (χ2n) is 6.56. The van der Waals surface area contributed by atoms with Crippen molar-refractivity contribution < 1.29 is 9.59 Å². The third kappa shape index (κ3) is 3.08. The van der Waals surface area contributed by atoms with Crippen LogP contribution in [0.15, 0.2) is 36.5 Å². The molecule has 7 heteroatoms. The SMILES string of the molecule is Cc1cc2n(n1)CCC(=O)N2CC(=O)NCCc1c[nH]c2ccccc12. The molecule has 26 heavy (non-hydrogen) atoms. The van der Waals surface area contributed by atoms with E-state index in [0.29, 0.717) is 25.3 Å². The molecule has 0 unspecified atom stereocenters. The minimum absolute atomic E-state index is 0.0256. The second kappa shape index (κ2) is 6.67. The van der Waals surface area contributed by atoms with Gasteiger partial charge in [-0.05, 0) is 25.0 Å². The van der Waals surface area contributed by atoms with Crippen LogP contribution in [-0.2, 0) is 22.6 Å². The number of hydrogen-bond acceptors (Lipinski definition) is 3. The van der Waals surface area contributed by atoms with E-state index in [1.165, 1.54) is 15.8 Å². The largest absolute Gasteiger partial charge is 0.361 e. The van der Waals surface area contributed by atoms with Crippen molar-refractivity contribution in [1.29, 1.82) is 0 Å². The molecule has 0 saturated heterocycles. The lowest BCUT2D eigenvalue weighted by Crippen LogP contribution is -2.44. The number of para-hydroxylation sites is 1. The van der Waals surface area contributed by atoms with Gasteiger partial charge in [0, 0.05) is 36.1 Å². The highest BCUT2D eigenvalue weighted by Gasteiger charge is 2.27. The monoisotopic (exact) mass is 351 g/mol. The number of aromatic amines is 1. The highest BCUT2D eigenvalue weighted by molar-refractivity contribution is 5.99. The number of nitrogens with one attached hydrogen (secondary N) is 2. The average Bonchev–Trinajstić information content (AvgIpc) is 3.21. The van der Waals surface area contributed by atoms with Gasteiger partial charge in [-0.3, -0.25) is 14.5 Å². The van der Waals surface area contributed by atoms with Gasteiger partial charge in [0.15, 0.2) is 0 Å². The molecule has 0 saturated carbocycles. The molecule has 2 N–H and O–H groups in total. The third-order valence-corrected chi connectivity index (χ3v) is 4.69. The summed E-state index contributed by atoms with van der Waals surface area (Å²) in [5, 5.41) is 8.44. The van der Waals surface area contributed by atoms with Crippen molar-refractivity contribution in [3.63, 3.8) is 0 Å². The molecule has 0 atom stereocenters. The molecule has 1 aliphatic rings. The summed E-state index contributed by atoms with van der Waals surface area (Å²) in [6.45, 7) is 3.01. The number of rotatable bonds is 5. The number of benzene rings is 1. The fraction of sp³-hybridized carbons (Fsp3) is 0.316. The molecule has 3 heterocycles. The van der Waals surface area contributed by atoms with E-state index in [0.717, 1.165) is 17.6 Å². The number of hydrogen-bond donors (Lipinski definition) is 2. The topological polar surface area (TPSA) is 83.0 Å². The van der Waals surface area contributed by atoms with Crippen LogP contribution in [0.5, 0.6) is 0 Å². The number of carbonyl (C=O) groups excluding carboxylic acids is 2. The van der Waals surface area contributed by atoms with E-state index >= 15 is 0 Å². The highest BCUT2D eigenvalue weighted by Crippen LogP contribution is 2.22. The van der Waals surface area contributed by atoms with Crippen molar-refractivity contribution in [1.82, 2.24) is 20.1 Å². The van der Waals surface area contributed by atoms with Gasteiger partial charge in [-0.15, -0.1) is 0 Å². The van der Waals surface area contributed by atoms with Crippen molar-refractivity contribution in [3.8, 4) is 0 Å². The lowest BCUT2D eigenvalue weighted by molar-refractivity contribution is -0.124. The van der Waals surface area contributed by atoms with Gasteiger partial charge < -0.3 is 10.3 Å². The van der Waals surface area contributed by atoms with E-state index in [1.807, 2.05) is 37.4 Å². The molecule has 0 bridgehead atoms. The number of carbonyl (C=O) groups is 2. The molecule has 0 aliphatic carbocycles. The Hall–Kier alpha value is -3.09. The Morgan fingerprint density at radius 2 is 2.19 bits per heavy atom. The maximum absolute atomic E-state index is 12.3. The van der Waals surface area contributed by atoms with Gasteiger partial charge in [0.05, 0.1) is 12.2 Å². The van der Waals surface area contributed by atoms with Gasteiger partial charge >= 0.3 is 0 Å². The summed E-state index contributed by atoms with van der Waals surface area (Å²) in [5.74, 6) is 0.500. The van der Waals surface area contributed by atoms with Crippen molar-refractivity contribution in [2.24, 2.45) is 0 Å². The predicted octanol–water partition coefficient (Wildman–Crippen LogP) is 1.77. The van der Waals surface area contributed by atoms with Gasteiger partial charge in [0.25, 0.3) is 0 Å². The Kier molecular flexibility index (Phi) is 4.20. The second-order valence-corrected chi connectivity index (χ2v) is 6.56. The Morgan fingerprint density at radius 3 is 3.08 bits per heavy atom. The van der Waals surface area contributed by atoms with Gasteiger partial charge in [0.2, 0.25) is 11.8 Å². The van der Waals surface area contributed by atoms with Gasteiger partial charge in [-0.25, -0.2) is 4.68 Å². The van der Waals surface area contributed by atoms with Crippen LogP contribution in [0.1, 0.15) is 17.7 Å². The molecule has 134 valence electrons. The van der Waals surface area contributed by atoms with E-state index in [-0.39, 0.29) is 18.4 Å². The van der Waals surface area contributed by atoms with E-state index in [1.54, 1.807) is 4.68 Å². The Morgan fingerprint density at radius 1 is 1.35 bits per heavy atom. The van der Waals surface area contributed by atoms with Crippen LogP contribution in [0, 0.1) is 6.92 Å². The Bertz CT molecular complexity index is 971. The molecule has 4 rings (SSSR count). The minimum Gasteiger partial charge on any atom is -0.361 e. The summed E-state index contributed by atoms with van der Waals surface area (Å²) in [6.07, 6.45) is 3.09. The first-order valence-electron chi connectivity index (χ1n) is 8.78. The highest BCUT2D eigenvalue weighted by atomic mass is 16.2. The van der Waals surface area contributed by atoms with Crippen molar-refractivity contribution in [2.75, 3.05) is 18.0 Å². The zero-order valence-corrected chi connectivity index (χ0v) is 14.7. The van der Waals surface area contributed by atoms with Crippen molar-refractivity contribution in [3.05, 3.63) is 47.8 Å². The predicted molar refractivity (Wildman–Crippen MR) is 98.9 cm³/mol. The standard InChI is InChI=1S/C19H21N5O2/c1-13-10-18-23(19(26)7-9-24(18)22-13)12-17(25)20-8-6-14-11-21-16-5-3-2-4-15(14)16/h2-5,10-11,21H,6-9,12H2,1H3,(H,20,25). The first kappa shape index (κ1) is 16.4. The van der Waals surface area contributed by atoms with E-state index in [4.69, 9.17) is 0 Å². The van der Waals surface area contributed by atoms with Crippen LogP contribution in [0.2, 0.25) is 0 Å². The summed E-state index contributed by atoms with van der Waals surface area (Å²) in [5.41, 5.74) is 3.11.